The maximum Gasteiger partial charge on any atom is -0.00779 e. The van der Waals surface area contributed by atoms with E-state index in [2.05, 4.69) is 39.0 Å². The van der Waals surface area contributed by atoms with Crippen LogP contribution in [0.5, 0.6) is 0 Å². The first-order chi connectivity index (χ1) is 8.76. The van der Waals surface area contributed by atoms with E-state index in [0.717, 1.165) is 0 Å². The van der Waals surface area contributed by atoms with E-state index in [1.165, 1.54) is 64.2 Å². The van der Waals surface area contributed by atoms with Crippen molar-refractivity contribution in [3.8, 4) is 0 Å². The smallest absolute Gasteiger partial charge is 0.00779 e. The lowest BCUT2D eigenvalue weighted by atomic mass is 9.71. The van der Waals surface area contributed by atoms with E-state index >= 15 is 0 Å². The van der Waals surface area contributed by atoms with E-state index in [1.54, 1.807) is 5.57 Å². The second kappa shape index (κ2) is 8.56. The largest absolute Gasteiger partial charge is 0.0780 e. The lowest BCUT2D eigenvalue weighted by Crippen LogP contribution is -2.21. The fourth-order valence-electron chi connectivity index (χ4n) is 3.06. The van der Waals surface area contributed by atoms with Gasteiger partial charge in [-0.3, -0.25) is 0 Å². The Bertz CT molecular complexity index is 262. The third kappa shape index (κ3) is 5.00. The highest BCUT2D eigenvalue weighted by atomic mass is 14.3. The summed E-state index contributed by atoms with van der Waals surface area (Å²) in [7, 11) is 0. The van der Waals surface area contributed by atoms with Crippen molar-refractivity contribution < 1.29 is 0 Å². The SMILES string of the molecule is CCCCC1=CC=CC(CCCC)(CCCC)C1. The zero-order valence-corrected chi connectivity index (χ0v) is 12.8. The Morgan fingerprint density at radius 1 is 0.944 bits per heavy atom. The van der Waals surface area contributed by atoms with Crippen LogP contribution in [0.2, 0.25) is 0 Å². The Morgan fingerprint density at radius 2 is 1.56 bits per heavy atom. The van der Waals surface area contributed by atoms with Crippen molar-refractivity contribution in [3.05, 3.63) is 23.8 Å². The molecule has 0 aliphatic heterocycles. The molecule has 18 heavy (non-hydrogen) atoms. The number of hydrogen-bond donors (Lipinski definition) is 0. The van der Waals surface area contributed by atoms with Crippen molar-refractivity contribution in [2.45, 2.75) is 85.0 Å². The van der Waals surface area contributed by atoms with Crippen molar-refractivity contribution in [3.63, 3.8) is 0 Å². The monoisotopic (exact) mass is 248 g/mol. The van der Waals surface area contributed by atoms with Gasteiger partial charge in [0.05, 0.1) is 0 Å². The number of allylic oxidation sites excluding steroid dienone is 4. The first-order valence-corrected chi connectivity index (χ1v) is 8.13. The van der Waals surface area contributed by atoms with Gasteiger partial charge in [-0.2, -0.15) is 0 Å². The minimum absolute atomic E-state index is 0.504. The van der Waals surface area contributed by atoms with Gasteiger partial charge in [-0.05, 0) is 37.5 Å². The summed E-state index contributed by atoms with van der Waals surface area (Å²) in [6.45, 7) is 6.92. The lowest BCUT2D eigenvalue weighted by molar-refractivity contribution is 0.294. The van der Waals surface area contributed by atoms with Gasteiger partial charge in [0.2, 0.25) is 0 Å². The predicted molar refractivity (Wildman–Crippen MR) is 82.8 cm³/mol. The molecule has 0 nitrogen and oxygen atoms in total. The summed E-state index contributed by atoms with van der Waals surface area (Å²) in [4.78, 5) is 0. The van der Waals surface area contributed by atoms with Gasteiger partial charge in [0.1, 0.15) is 0 Å². The van der Waals surface area contributed by atoms with E-state index in [1.807, 2.05) is 0 Å². The van der Waals surface area contributed by atoms with Crippen molar-refractivity contribution in [2.24, 2.45) is 5.41 Å². The molecule has 1 aliphatic carbocycles. The fourth-order valence-corrected chi connectivity index (χ4v) is 3.06. The van der Waals surface area contributed by atoms with Crippen molar-refractivity contribution in [1.82, 2.24) is 0 Å². The van der Waals surface area contributed by atoms with Crippen molar-refractivity contribution in [1.29, 1.82) is 0 Å². The van der Waals surface area contributed by atoms with E-state index in [-0.39, 0.29) is 0 Å². The van der Waals surface area contributed by atoms with Crippen molar-refractivity contribution >= 4 is 0 Å². The van der Waals surface area contributed by atoms with Crippen molar-refractivity contribution in [2.75, 3.05) is 0 Å². The third-order valence-corrected chi connectivity index (χ3v) is 4.27. The molecular formula is C18H32. The van der Waals surface area contributed by atoms with Crippen LogP contribution >= 0.6 is 0 Å². The molecule has 104 valence electrons. The molecule has 0 saturated carbocycles. The Balaban J connectivity index is 2.61. The second-order valence-corrected chi connectivity index (χ2v) is 6.03. The Morgan fingerprint density at radius 3 is 2.11 bits per heavy atom. The van der Waals surface area contributed by atoms with Crippen LogP contribution in [0.1, 0.15) is 85.0 Å². The van der Waals surface area contributed by atoms with Gasteiger partial charge in [0.25, 0.3) is 0 Å². The van der Waals surface area contributed by atoms with Crippen LogP contribution < -0.4 is 0 Å². The van der Waals surface area contributed by atoms with Crippen LogP contribution in [0.3, 0.4) is 0 Å². The summed E-state index contributed by atoms with van der Waals surface area (Å²) < 4.78 is 0. The molecule has 0 bridgehead atoms. The molecule has 1 aliphatic rings. The molecule has 0 radical (unpaired) electrons. The van der Waals surface area contributed by atoms with Gasteiger partial charge in [-0.25, -0.2) is 0 Å². The zero-order valence-electron chi connectivity index (χ0n) is 12.8. The molecule has 0 N–H and O–H groups in total. The third-order valence-electron chi connectivity index (χ3n) is 4.27. The van der Waals surface area contributed by atoms with Gasteiger partial charge < -0.3 is 0 Å². The average Bonchev–Trinajstić information content (AvgIpc) is 2.41. The van der Waals surface area contributed by atoms with E-state index < -0.39 is 0 Å². The Hall–Kier alpha value is -0.520. The van der Waals surface area contributed by atoms with Crippen LogP contribution in [0.25, 0.3) is 0 Å². The highest BCUT2D eigenvalue weighted by molar-refractivity contribution is 5.24. The maximum atomic E-state index is 2.52. The molecule has 0 heteroatoms. The minimum Gasteiger partial charge on any atom is -0.0780 e. The number of hydrogen-bond acceptors (Lipinski definition) is 0. The van der Waals surface area contributed by atoms with Crippen LogP contribution in [-0.4, -0.2) is 0 Å². The van der Waals surface area contributed by atoms with E-state index in [4.69, 9.17) is 0 Å². The number of rotatable bonds is 9. The van der Waals surface area contributed by atoms with Gasteiger partial charge >= 0.3 is 0 Å². The average molecular weight is 248 g/mol. The summed E-state index contributed by atoms with van der Waals surface area (Å²) >= 11 is 0. The zero-order chi connectivity index (χ0) is 13.3. The van der Waals surface area contributed by atoms with Gasteiger partial charge in [-0.1, -0.05) is 76.7 Å². The fraction of sp³-hybridized carbons (Fsp3) is 0.778. The second-order valence-electron chi connectivity index (χ2n) is 6.03. The summed E-state index contributed by atoms with van der Waals surface area (Å²) in [5, 5.41) is 0. The molecule has 0 aromatic rings. The van der Waals surface area contributed by atoms with Crippen LogP contribution in [-0.2, 0) is 0 Å². The highest BCUT2D eigenvalue weighted by Gasteiger charge is 2.28. The molecule has 1 rings (SSSR count). The quantitative estimate of drug-likeness (QED) is 0.441. The summed E-state index contributed by atoms with van der Waals surface area (Å²) in [6, 6.07) is 0. The molecule has 0 aromatic carbocycles. The standard InChI is InChI=1S/C18H32/c1-4-7-11-17-12-10-15-18(16-17,13-8-5-2)14-9-6-3/h10,12,15H,4-9,11,13-14,16H2,1-3H3. The topological polar surface area (TPSA) is 0 Å². The molecule has 0 heterocycles. The summed E-state index contributed by atoms with van der Waals surface area (Å²) in [5.74, 6) is 0. The van der Waals surface area contributed by atoms with Gasteiger partial charge in [-0.15, -0.1) is 0 Å². The molecule has 0 unspecified atom stereocenters. The minimum atomic E-state index is 0.504. The Labute approximate surface area is 115 Å². The van der Waals surface area contributed by atoms with Gasteiger partial charge in [0.15, 0.2) is 0 Å². The van der Waals surface area contributed by atoms with Crippen LogP contribution in [0.15, 0.2) is 23.8 Å². The molecule has 0 spiro atoms. The summed E-state index contributed by atoms with van der Waals surface area (Å²) in [5.41, 5.74) is 2.20. The van der Waals surface area contributed by atoms with Crippen LogP contribution in [0, 0.1) is 5.41 Å². The van der Waals surface area contributed by atoms with E-state index in [9.17, 15) is 0 Å². The van der Waals surface area contributed by atoms with Gasteiger partial charge in [0, 0.05) is 0 Å². The lowest BCUT2D eigenvalue weighted by Gasteiger charge is -2.34. The molecule has 0 fully saturated rings. The highest BCUT2D eigenvalue weighted by Crippen LogP contribution is 2.42. The number of unbranched alkanes of at least 4 members (excludes halogenated alkanes) is 3. The molecule has 0 aromatic heterocycles. The first-order valence-electron chi connectivity index (χ1n) is 8.13. The summed E-state index contributed by atoms with van der Waals surface area (Å²) in [6.07, 6.45) is 20.8. The van der Waals surface area contributed by atoms with Crippen LogP contribution in [0.4, 0.5) is 0 Å². The predicted octanol–water partition coefficient (Wildman–Crippen LogP) is 6.43. The first kappa shape index (κ1) is 15.5. The Kier molecular flexibility index (Phi) is 7.39. The van der Waals surface area contributed by atoms with E-state index in [0.29, 0.717) is 5.41 Å². The molecule has 0 saturated heterocycles. The molecule has 0 amide bonds. The molecular weight excluding hydrogens is 216 g/mol. The normalized spacial score (nSPS) is 17.8. The molecule has 0 atom stereocenters. The maximum absolute atomic E-state index is 2.52.